The summed E-state index contributed by atoms with van der Waals surface area (Å²) in [6.45, 7) is 7.26. The number of oxime groups is 2. The second kappa shape index (κ2) is 13.2. The summed E-state index contributed by atoms with van der Waals surface area (Å²) in [4.78, 5) is 13.2. The molecule has 12 nitrogen and oxygen atoms in total. The van der Waals surface area contributed by atoms with Crippen LogP contribution < -0.4 is 20.9 Å². The quantitative estimate of drug-likeness (QED) is 0.112. The zero-order valence-corrected chi connectivity index (χ0v) is 19.1. The Kier molecular flexibility index (Phi) is 9.67. The molecule has 0 bridgehead atoms. The van der Waals surface area contributed by atoms with Gasteiger partial charge in [0.15, 0.2) is 11.7 Å². The number of pyridine rings is 2. The Morgan fingerprint density at radius 1 is 0.765 bits per heavy atom. The molecule has 0 unspecified atom stereocenters. The number of hydrogen-bond acceptors (Lipinski definition) is 10. The summed E-state index contributed by atoms with van der Waals surface area (Å²) >= 11 is 0. The van der Waals surface area contributed by atoms with Gasteiger partial charge in [-0.15, -0.1) is 0 Å². The lowest BCUT2D eigenvalue weighted by molar-refractivity contribution is 0.120. The third-order valence-electron chi connectivity index (χ3n) is 5.48. The van der Waals surface area contributed by atoms with E-state index in [1.165, 1.54) is 12.4 Å². The summed E-state index contributed by atoms with van der Waals surface area (Å²) < 4.78 is 11.4. The molecule has 1 saturated heterocycles. The highest BCUT2D eigenvalue weighted by Gasteiger charge is 2.16. The SMILES string of the molecule is N/C(=N\O)c1ccc(OCCCN2CCN(CCCOc3ccc(/C(N)=N/O)cn3)CC2)nc1. The van der Waals surface area contributed by atoms with Gasteiger partial charge < -0.3 is 41.2 Å². The van der Waals surface area contributed by atoms with Gasteiger partial charge in [0, 0.05) is 74.9 Å². The van der Waals surface area contributed by atoms with Crippen molar-refractivity contribution in [3.05, 3.63) is 47.8 Å². The molecule has 3 rings (SSSR count). The smallest absolute Gasteiger partial charge is 0.213 e. The molecule has 34 heavy (non-hydrogen) atoms. The van der Waals surface area contributed by atoms with Crippen LogP contribution in [0.1, 0.15) is 24.0 Å². The maximum Gasteiger partial charge on any atom is 0.213 e. The van der Waals surface area contributed by atoms with Crippen molar-refractivity contribution in [1.82, 2.24) is 19.8 Å². The molecule has 2 aromatic heterocycles. The lowest BCUT2D eigenvalue weighted by Crippen LogP contribution is -2.47. The van der Waals surface area contributed by atoms with Crippen LogP contribution in [-0.4, -0.2) is 94.3 Å². The van der Waals surface area contributed by atoms with Gasteiger partial charge in [0.25, 0.3) is 0 Å². The summed E-state index contributed by atoms with van der Waals surface area (Å²) in [5.41, 5.74) is 12.1. The molecule has 1 fully saturated rings. The molecular weight excluding hydrogens is 440 g/mol. The van der Waals surface area contributed by atoms with E-state index in [4.69, 9.17) is 31.4 Å². The normalized spacial score (nSPS) is 15.9. The van der Waals surface area contributed by atoms with Crippen molar-refractivity contribution in [2.24, 2.45) is 21.8 Å². The lowest BCUT2D eigenvalue weighted by Gasteiger charge is -2.34. The van der Waals surface area contributed by atoms with E-state index in [2.05, 4.69) is 30.1 Å². The first-order chi connectivity index (χ1) is 16.6. The van der Waals surface area contributed by atoms with E-state index >= 15 is 0 Å². The van der Waals surface area contributed by atoms with Crippen molar-refractivity contribution in [2.75, 3.05) is 52.5 Å². The molecule has 0 aliphatic carbocycles. The number of nitrogens with two attached hydrogens (primary N) is 2. The van der Waals surface area contributed by atoms with Crippen molar-refractivity contribution in [1.29, 1.82) is 0 Å². The minimum atomic E-state index is 0.0223. The zero-order chi connectivity index (χ0) is 24.2. The zero-order valence-electron chi connectivity index (χ0n) is 19.1. The maximum atomic E-state index is 8.67. The number of amidine groups is 2. The van der Waals surface area contributed by atoms with Crippen LogP contribution in [0.2, 0.25) is 0 Å². The van der Waals surface area contributed by atoms with Gasteiger partial charge in [0.1, 0.15) is 0 Å². The van der Waals surface area contributed by atoms with E-state index in [-0.39, 0.29) is 11.7 Å². The monoisotopic (exact) mass is 472 g/mol. The number of piperazine rings is 1. The van der Waals surface area contributed by atoms with Gasteiger partial charge in [-0.2, -0.15) is 0 Å². The second-order valence-electron chi connectivity index (χ2n) is 7.83. The van der Waals surface area contributed by atoms with Crippen LogP contribution in [0.15, 0.2) is 47.0 Å². The van der Waals surface area contributed by atoms with Gasteiger partial charge in [0.05, 0.1) is 13.2 Å². The van der Waals surface area contributed by atoms with Gasteiger partial charge >= 0.3 is 0 Å². The molecule has 0 aromatic carbocycles. The first-order valence-corrected chi connectivity index (χ1v) is 11.2. The van der Waals surface area contributed by atoms with E-state index in [0.717, 1.165) is 52.1 Å². The fourth-order valence-corrected chi connectivity index (χ4v) is 3.52. The molecule has 6 N–H and O–H groups in total. The van der Waals surface area contributed by atoms with E-state index in [0.29, 0.717) is 36.1 Å². The Labute approximate surface area is 198 Å². The number of hydrogen-bond donors (Lipinski definition) is 4. The minimum absolute atomic E-state index is 0.0223. The van der Waals surface area contributed by atoms with Crippen LogP contribution in [0.25, 0.3) is 0 Å². The van der Waals surface area contributed by atoms with Gasteiger partial charge in [-0.3, -0.25) is 0 Å². The first kappa shape index (κ1) is 25.0. The van der Waals surface area contributed by atoms with E-state index in [1.807, 2.05) is 0 Å². The Hall–Kier alpha value is -3.64. The van der Waals surface area contributed by atoms with Crippen LogP contribution in [-0.2, 0) is 0 Å². The molecule has 12 heteroatoms. The largest absolute Gasteiger partial charge is 0.478 e. The molecule has 184 valence electrons. The third kappa shape index (κ3) is 7.74. The summed E-state index contributed by atoms with van der Waals surface area (Å²) in [5.74, 6) is 1.09. The van der Waals surface area contributed by atoms with Crippen molar-refractivity contribution in [3.8, 4) is 11.8 Å². The Bertz CT molecular complexity index is 851. The molecule has 2 aromatic rings. The predicted molar refractivity (Wildman–Crippen MR) is 127 cm³/mol. The van der Waals surface area contributed by atoms with Crippen LogP contribution >= 0.6 is 0 Å². The van der Waals surface area contributed by atoms with E-state index in [9.17, 15) is 0 Å². The van der Waals surface area contributed by atoms with Crippen molar-refractivity contribution in [3.63, 3.8) is 0 Å². The standard InChI is InChI=1S/C22H32N8O4/c23-21(27-31)17-3-5-19(25-15-17)33-13-1-7-29-9-11-30(12-10-29)8-2-14-34-20-6-4-18(16-26-20)22(24)28-32/h3-6,15-16,31-32H,1-2,7-14H2,(H2,23,27)(H2,24,28). The molecule has 1 aliphatic heterocycles. The van der Waals surface area contributed by atoms with E-state index < -0.39 is 0 Å². The first-order valence-electron chi connectivity index (χ1n) is 11.2. The summed E-state index contributed by atoms with van der Waals surface area (Å²) in [5, 5.41) is 23.2. The summed E-state index contributed by atoms with van der Waals surface area (Å²) in [7, 11) is 0. The number of rotatable bonds is 12. The third-order valence-corrected chi connectivity index (χ3v) is 5.48. The fraction of sp³-hybridized carbons (Fsp3) is 0.455. The number of aromatic nitrogens is 2. The average molecular weight is 473 g/mol. The van der Waals surface area contributed by atoms with Gasteiger partial charge in [0.2, 0.25) is 11.8 Å². The molecule has 0 radical (unpaired) electrons. The summed E-state index contributed by atoms with van der Waals surface area (Å²) in [6.07, 6.45) is 4.87. The topological polar surface area (TPSA) is 168 Å². The van der Waals surface area contributed by atoms with Crippen LogP contribution in [0.3, 0.4) is 0 Å². The lowest BCUT2D eigenvalue weighted by atomic mass is 10.2. The van der Waals surface area contributed by atoms with Crippen molar-refractivity contribution >= 4 is 11.7 Å². The van der Waals surface area contributed by atoms with Gasteiger partial charge in [-0.1, -0.05) is 10.3 Å². The number of ether oxygens (including phenoxy) is 2. The Morgan fingerprint density at radius 2 is 1.18 bits per heavy atom. The average Bonchev–Trinajstić information content (AvgIpc) is 2.89. The van der Waals surface area contributed by atoms with Gasteiger partial charge in [-0.05, 0) is 25.0 Å². The highest BCUT2D eigenvalue weighted by molar-refractivity contribution is 5.97. The predicted octanol–water partition coefficient (Wildman–Crippen LogP) is 0.521. The molecule has 0 amide bonds. The molecular formula is C22H32N8O4. The molecule has 0 spiro atoms. The van der Waals surface area contributed by atoms with Crippen molar-refractivity contribution in [2.45, 2.75) is 12.8 Å². The molecule has 1 aliphatic rings. The van der Waals surface area contributed by atoms with Crippen LogP contribution in [0.5, 0.6) is 11.8 Å². The summed E-state index contributed by atoms with van der Waals surface area (Å²) in [6, 6.07) is 6.84. The highest BCUT2D eigenvalue weighted by atomic mass is 16.5. The second-order valence-corrected chi connectivity index (χ2v) is 7.83. The fourth-order valence-electron chi connectivity index (χ4n) is 3.52. The Balaban J connectivity index is 1.23. The van der Waals surface area contributed by atoms with E-state index in [1.54, 1.807) is 24.3 Å². The van der Waals surface area contributed by atoms with Crippen LogP contribution in [0.4, 0.5) is 0 Å². The number of nitrogens with zero attached hydrogens (tertiary/aromatic N) is 6. The molecule has 0 saturated carbocycles. The highest BCUT2D eigenvalue weighted by Crippen LogP contribution is 2.10. The maximum absolute atomic E-state index is 8.67. The molecule has 3 heterocycles. The van der Waals surface area contributed by atoms with Gasteiger partial charge in [-0.25, -0.2) is 9.97 Å². The molecule has 0 atom stereocenters. The Morgan fingerprint density at radius 3 is 1.50 bits per heavy atom. The van der Waals surface area contributed by atoms with Crippen molar-refractivity contribution < 1.29 is 19.9 Å². The van der Waals surface area contributed by atoms with Crippen LogP contribution in [0, 0.1) is 0 Å². The minimum Gasteiger partial charge on any atom is -0.478 e.